The number of carbonyl (C=O) groups excluding carboxylic acids is 1. The van der Waals surface area contributed by atoms with E-state index in [9.17, 15) is 9.59 Å². The fourth-order valence-electron chi connectivity index (χ4n) is 1.92. The number of rotatable bonds is 7. The van der Waals surface area contributed by atoms with Gasteiger partial charge >= 0.3 is 11.9 Å². The quantitative estimate of drug-likeness (QED) is 0.763. The first-order valence-electron chi connectivity index (χ1n) is 6.02. The second-order valence-corrected chi connectivity index (χ2v) is 4.20. The number of ether oxygens (including phenoxy) is 3. The van der Waals surface area contributed by atoms with Gasteiger partial charge in [-0.3, -0.25) is 9.59 Å². The molecule has 0 aliphatic rings. The molecule has 0 heterocycles. The van der Waals surface area contributed by atoms with Gasteiger partial charge in [-0.15, -0.1) is 0 Å². The summed E-state index contributed by atoms with van der Waals surface area (Å²) < 4.78 is 15.0. The van der Waals surface area contributed by atoms with E-state index in [-0.39, 0.29) is 12.8 Å². The summed E-state index contributed by atoms with van der Waals surface area (Å²) in [5.74, 6) is -1.19. The van der Waals surface area contributed by atoms with Crippen LogP contribution in [0.3, 0.4) is 0 Å². The maximum absolute atomic E-state index is 11.6. The van der Waals surface area contributed by atoms with Crippen molar-refractivity contribution >= 4 is 11.9 Å². The highest BCUT2D eigenvalue weighted by Gasteiger charge is 2.24. The molecule has 0 amide bonds. The molecule has 0 saturated carbocycles. The first kappa shape index (κ1) is 15.8. The third kappa shape index (κ3) is 4.15. The number of hydrogen-bond acceptors (Lipinski definition) is 5. The van der Waals surface area contributed by atoms with E-state index in [2.05, 4.69) is 4.74 Å². The van der Waals surface area contributed by atoms with Gasteiger partial charge in [0, 0.05) is 0 Å². The van der Waals surface area contributed by atoms with Gasteiger partial charge in [0.1, 0.15) is 11.5 Å². The molecule has 1 unspecified atom stereocenters. The lowest BCUT2D eigenvalue weighted by Crippen LogP contribution is -2.22. The first-order chi connectivity index (χ1) is 9.51. The molecule has 1 rings (SSSR count). The number of methoxy groups -OCH3 is 3. The summed E-state index contributed by atoms with van der Waals surface area (Å²) in [6, 6.07) is 5.16. The van der Waals surface area contributed by atoms with Crippen molar-refractivity contribution in [2.75, 3.05) is 21.3 Å². The minimum Gasteiger partial charge on any atom is -0.497 e. The van der Waals surface area contributed by atoms with Gasteiger partial charge < -0.3 is 19.3 Å². The van der Waals surface area contributed by atoms with Crippen molar-refractivity contribution in [1.82, 2.24) is 0 Å². The zero-order chi connectivity index (χ0) is 15.1. The monoisotopic (exact) mass is 282 g/mol. The van der Waals surface area contributed by atoms with Gasteiger partial charge in [-0.25, -0.2) is 0 Å². The first-order valence-corrected chi connectivity index (χ1v) is 6.02. The molecule has 1 N–H and O–H groups in total. The second kappa shape index (κ2) is 7.37. The zero-order valence-corrected chi connectivity index (χ0v) is 11.7. The molecule has 0 aliphatic heterocycles. The highest BCUT2D eigenvalue weighted by molar-refractivity contribution is 5.79. The van der Waals surface area contributed by atoms with Gasteiger partial charge in [-0.05, 0) is 30.2 Å². The van der Waals surface area contributed by atoms with Gasteiger partial charge in [0.25, 0.3) is 0 Å². The van der Waals surface area contributed by atoms with Gasteiger partial charge in [0.05, 0.1) is 33.7 Å². The fraction of sp³-hybridized carbons (Fsp3) is 0.429. The largest absolute Gasteiger partial charge is 0.497 e. The number of hydrogen-bond donors (Lipinski definition) is 1. The molecule has 1 atom stereocenters. The third-order valence-corrected chi connectivity index (χ3v) is 2.91. The zero-order valence-electron chi connectivity index (χ0n) is 11.7. The molecule has 20 heavy (non-hydrogen) atoms. The van der Waals surface area contributed by atoms with Gasteiger partial charge in [0.15, 0.2) is 0 Å². The van der Waals surface area contributed by atoms with Crippen LogP contribution in [-0.4, -0.2) is 38.4 Å². The Morgan fingerprint density at radius 1 is 1.20 bits per heavy atom. The summed E-state index contributed by atoms with van der Waals surface area (Å²) in [5.41, 5.74) is 0.698. The predicted octanol–water partition coefficient (Wildman–Crippen LogP) is 1.51. The van der Waals surface area contributed by atoms with Crippen LogP contribution >= 0.6 is 0 Å². The molecule has 0 bridgehead atoms. The molecule has 110 valence electrons. The van der Waals surface area contributed by atoms with E-state index >= 15 is 0 Å². The van der Waals surface area contributed by atoms with E-state index in [4.69, 9.17) is 14.6 Å². The Hall–Kier alpha value is -2.24. The van der Waals surface area contributed by atoms with Crippen LogP contribution in [0.25, 0.3) is 0 Å². The number of esters is 1. The topological polar surface area (TPSA) is 82.1 Å². The van der Waals surface area contributed by atoms with Crippen LogP contribution in [0.15, 0.2) is 18.2 Å². The van der Waals surface area contributed by atoms with Gasteiger partial charge in [0.2, 0.25) is 0 Å². The highest BCUT2D eigenvalue weighted by Crippen LogP contribution is 2.27. The Labute approximate surface area is 117 Å². The lowest BCUT2D eigenvalue weighted by molar-refractivity contribution is -0.150. The molecule has 1 aromatic carbocycles. The average Bonchev–Trinajstić information content (AvgIpc) is 2.45. The summed E-state index contributed by atoms with van der Waals surface area (Å²) >= 11 is 0. The number of aliphatic carboxylic acids is 1. The van der Waals surface area contributed by atoms with Crippen molar-refractivity contribution in [1.29, 1.82) is 0 Å². The summed E-state index contributed by atoms with van der Waals surface area (Å²) in [4.78, 5) is 22.5. The van der Waals surface area contributed by atoms with Crippen LogP contribution in [0.1, 0.15) is 12.0 Å². The van der Waals surface area contributed by atoms with E-state index in [1.54, 1.807) is 18.2 Å². The summed E-state index contributed by atoms with van der Waals surface area (Å²) in [5, 5.41) is 8.87. The smallest absolute Gasteiger partial charge is 0.309 e. The minimum atomic E-state index is -1.05. The number of benzene rings is 1. The molecule has 0 aliphatic carbocycles. The molecule has 0 fully saturated rings. The fourth-order valence-corrected chi connectivity index (χ4v) is 1.92. The van der Waals surface area contributed by atoms with E-state index < -0.39 is 17.9 Å². The molecule has 0 saturated heterocycles. The number of carboxylic acids is 1. The Kier molecular flexibility index (Phi) is 5.83. The van der Waals surface area contributed by atoms with Crippen LogP contribution < -0.4 is 9.47 Å². The normalized spacial score (nSPS) is 11.6. The van der Waals surface area contributed by atoms with Gasteiger partial charge in [-0.1, -0.05) is 0 Å². The van der Waals surface area contributed by atoms with Crippen molar-refractivity contribution in [2.24, 2.45) is 5.92 Å². The Bertz CT molecular complexity index is 483. The van der Waals surface area contributed by atoms with Gasteiger partial charge in [-0.2, -0.15) is 0 Å². The summed E-state index contributed by atoms with van der Waals surface area (Å²) in [6.45, 7) is 0. The lowest BCUT2D eigenvalue weighted by Gasteiger charge is -2.15. The van der Waals surface area contributed by atoms with Crippen LogP contribution in [0, 0.1) is 5.92 Å². The summed E-state index contributed by atoms with van der Waals surface area (Å²) in [7, 11) is 4.27. The highest BCUT2D eigenvalue weighted by atomic mass is 16.5. The molecular weight excluding hydrogens is 264 g/mol. The molecule has 6 nitrogen and oxygen atoms in total. The number of carboxylic acid groups (broad SMARTS) is 1. The standard InChI is InChI=1S/C14H18O6/c1-18-11-4-5-12(19-2)9(7-11)6-10(8-13(15)16)14(17)20-3/h4-5,7,10H,6,8H2,1-3H3,(H,15,16). The van der Waals surface area contributed by atoms with E-state index in [0.717, 1.165) is 0 Å². The Balaban J connectivity index is 3.02. The SMILES string of the molecule is COC(=O)C(CC(=O)O)Cc1cc(OC)ccc1OC. The lowest BCUT2D eigenvalue weighted by atomic mass is 9.95. The third-order valence-electron chi connectivity index (χ3n) is 2.91. The Morgan fingerprint density at radius 3 is 2.40 bits per heavy atom. The average molecular weight is 282 g/mol. The van der Waals surface area contributed by atoms with Crippen molar-refractivity contribution < 1.29 is 28.9 Å². The molecular formula is C14H18O6. The predicted molar refractivity (Wildman–Crippen MR) is 71.0 cm³/mol. The Morgan fingerprint density at radius 2 is 1.90 bits per heavy atom. The summed E-state index contributed by atoms with van der Waals surface area (Å²) in [6.07, 6.45) is -0.0909. The maximum atomic E-state index is 11.6. The maximum Gasteiger partial charge on any atom is 0.309 e. The van der Waals surface area contributed by atoms with E-state index in [1.165, 1.54) is 21.3 Å². The molecule has 0 spiro atoms. The van der Waals surface area contributed by atoms with Crippen molar-refractivity contribution in [2.45, 2.75) is 12.8 Å². The van der Waals surface area contributed by atoms with Crippen LogP contribution in [0.2, 0.25) is 0 Å². The molecule has 1 aromatic rings. The van der Waals surface area contributed by atoms with E-state index in [1.807, 2.05) is 0 Å². The van der Waals surface area contributed by atoms with Crippen molar-refractivity contribution in [3.63, 3.8) is 0 Å². The van der Waals surface area contributed by atoms with Crippen molar-refractivity contribution in [3.8, 4) is 11.5 Å². The minimum absolute atomic E-state index is 0.208. The molecule has 6 heteroatoms. The second-order valence-electron chi connectivity index (χ2n) is 4.20. The van der Waals surface area contributed by atoms with Crippen LogP contribution in [-0.2, 0) is 20.7 Å². The molecule has 0 radical (unpaired) electrons. The van der Waals surface area contributed by atoms with Crippen LogP contribution in [0.4, 0.5) is 0 Å². The van der Waals surface area contributed by atoms with Crippen LogP contribution in [0.5, 0.6) is 11.5 Å². The van der Waals surface area contributed by atoms with Crippen molar-refractivity contribution in [3.05, 3.63) is 23.8 Å². The molecule has 0 aromatic heterocycles. The number of carbonyl (C=O) groups is 2. The van der Waals surface area contributed by atoms with E-state index in [0.29, 0.717) is 17.1 Å².